The molecule has 0 aliphatic heterocycles. The van der Waals surface area contributed by atoms with E-state index in [-0.39, 0.29) is 0 Å². The van der Waals surface area contributed by atoms with Gasteiger partial charge < -0.3 is 0 Å². The maximum absolute atomic E-state index is 6.26. The van der Waals surface area contributed by atoms with Crippen molar-refractivity contribution in [1.82, 2.24) is 19.3 Å². The summed E-state index contributed by atoms with van der Waals surface area (Å²) in [5.74, 6) is 1.39. The van der Waals surface area contributed by atoms with E-state index in [1.165, 1.54) is 22.0 Å². The Bertz CT molecular complexity index is 723. The molecule has 0 bridgehead atoms. The summed E-state index contributed by atoms with van der Waals surface area (Å²) < 4.78 is 4.88. The van der Waals surface area contributed by atoms with Crippen LogP contribution in [0.15, 0.2) is 10.7 Å². The number of fused-ring (bicyclic) bond motifs is 1. The van der Waals surface area contributed by atoms with Crippen LogP contribution in [0.4, 0.5) is 0 Å². The first-order valence-corrected chi connectivity index (χ1v) is 8.42. The van der Waals surface area contributed by atoms with E-state index in [0.29, 0.717) is 10.9 Å². The first kappa shape index (κ1) is 13.2. The second-order valence-corrected chi connectivity index (χ2v) is 7.45. The quantitative estimate of drug-likeness (QED) is 0.535. The van der Waals surface area contributed by atoms with Crippen molar-refractivity contribution >= 4 is 56.4 Å². The second-order valence-electron chi connectivity index (χ2n) is 3.89. The Morgan fingerprint density at radius 1 is 1.32 bits per heavy atom. The lowest BCUT2D eigenvalue weighted by molar-refractivity contribution is 1.07. The maximum Gasteiger partial charge on any atom is 0.170 e. The molecule has 0 saturated heterocycles. The van der Waals surface area contributed by atoms with Crippen LogP contribution in [0.25, 0.3) is 10.2 Å². The zero-order valence-corrected chi connectivity index (χ0v) is 13.4. The highest BCUT2D eigenvalue weighted by molar-refractivity contribution is 8.00. The number of thiophene rings is 1. The standard InChI is InChI=1S/C11H9ClN4S3/c1-5-6(2)18-10-8(5)9(12)15-7(16-10)3-17-11-13-4-14-19-11/h4H,3H2,1-2H3. The van der Waals surface area contributed by atoms with Crippen LogP contribution in [0.2, 0.25) is 5.15 Å². The molecule has 98 valence electrons. The van der Waals surface area contributed by atoms with E-state index in [0.717, 1.165) is 20.4 Å². The van der Waals surface area contributed by atoms with E-state index in [1.54, 1.807) is 29.4 Å². The molecule has 0 saturated carbocycles. The first-order valence-electron chi connectivity index (χ1n) is 5.46. The number of halogens is 1. The molecule has 0 radical (unpaired) electrons. The Hall–Kier alpha value is -0.760. The summed E-state index contributed by atoms with van der Waals surface area (Å²) in [6.45, 7) is 4.13. The van der Waals surface area contributed by atoms with Gasteiger partial charge in [-0.05, 0) is 30.9 Å². The molecule has 0 fully saturated rings. The molecular formula is C11H9ClN4S3. The van der Waals surface area contributed by atoms with Crippen molar-refractivity contribution < 1.29 is 0 Å². The molecule has 0 spiro atoms. The van der Waals surface area contributed by atoms with Crippen LogP contribution < -0.4 is 0 Å². The molecule has 0 unspecified atom stereocenters. The summed E-state index contributed by atoms with van der Waals surface area (Å²) in [5, 5.41) is 1.52. The monoisotopic (exact) mass is 328 g/mol. The Balaban J connectivity index is 1.92. The third kappa shape index (κ3) is 2.60. The molecule has 0 aromatic carbocycles. The predicted octanol–water partition coefficient (Wildman–Crippen LogP) is 4.11. The molecule has 19 heavy (non-hydrogen) atoms. The normalized spacial score (nSPS) is 11.3. The van der Waals surface area contributed by atoms with E-state index < -0.39 is 0 Å². The molecule has 0 atom stereocenters. The van der Waals surface area contributed by atoms with Gasteiger partial charge in [0.1, 0.15) is 22.1 Å². The Morgan fingerprint density at radius 2 is 2.16 bits per heavy atom. The minimum Gasteiger partial charge on any atom is -0.221 e. The minimum atomic E-state index is 0.541. The largest absolute Gasteiger partial charge is 0.221 e. The number of aromatic nitrogens is 4. The zero-order chi connectivity index (χ0) is 13.4. The van der Waals surface area contributed by atoms with Crippen LogP contribution in [-0.4, -0.2) is 19.3 Å². The van der Waals surface area contributed by atoms with E-state index in [1.807, 2.05) is 0 Å². The average Bonchev–Trinajstić information content (AvgIpc) is 2.96. The number of thioether (sulfide) groups is 1. The van der Waals surface area contributed by atoms with E-state index in [4.69, 9.17) is 11.6 Å². The van der Waals surface area contributed by atoms with Gasteiger partial charge in [0.25, 0.3) is 0 Å². The molecule has 0 N–H and O–H groups in total. The van der Waals surface area contributed by atoms with Crippen molar-refractivity contribution in [2.75, 3.05) is 0 Å². The number of nitrogens with zero attached hydrogens (tertiary/aromatic N) is 4. The molecule has 0 amide bonds. The van der Waals surface area contributed by atoms with Crippen LogP contribution in [0.1, 0.15) is 16.3 Å². The van der Waals surface area contributed by atoms with Gasteiger partial charge in [-0.1, -0.05) is 23.4 Å². The molecule has 3 aromatic rings. The number of hydrogen-bond donors (Lipinski definition) is 0. The smallest absolute Gasteiger partial charge is 0.170 e. The molecule has 3 rings (SSSR count). The van der Waals surface area contributed by atoms with Crippen molar-refractivity contribution in [2.45, 2.75) is 23.9 Å². The summed E-state index contributed by atoms with van der Waals surface area (Å²) in [4.78, 5) is 15.3. The van der Waals surface area contributed by atoms with Crippen LogP contribution in [0, 0.1) is 13.8 Å². The van der Waals surface area contributed by atoms with Crippen molar-refractivity contribution in [3.8, 4) is 0 Å². The highest BCUT2D eigenvalue weighted by Gasteiger charge is 2.13. The number of hydrogen-bond acceptors (Lipinski definition) is 7. The van der Waals surface area contributed by atoms with Crippen LogP contribution >= 0.6 is 46.2 Å². The molecule has 3 heterocycles. The third-order valence-electron chi connectivity index (χ3n) is 2.70. The van der Waals surface area contributed by atoms with Gasteiger partial charge >= 0.3 is 0 Å². The molecule has 0 aliphatic carbocycles. The van der Waals surface area contributed by atoms with Gasteiger partial charge in [0.2, 0.25) is 0 Å². The Morgan fingerprint density at radius 3 is 2.89 bits per heavy atom. The van der Waals surface area contributed by atoms with Gasteiger partial charge in [0, 0.05) is 4.88 Å². The van der Waals surface area contributed by atoms with Crippen molar-refractivity contribution in [2.24, 2.45) is 0 Å². The van der Waals surface area contributed by atoms with Gasteiger partial charge in [0.15, 0.2) is 4.34 Å². The first-order chi connectivity index (χ1) is 9.15. The fraction of sp³-hybridized carbons (Fsp3) is 0.273. The van der Waals surface area contributed by atoms with Crippen molar-refractivity contribution in [1.29, 1.82) is 0 Å². The summed E-state index contributed by atoms with van der Waals surface area (Å²) in [6, 6.07) is 0. The van der Waals surface area contributed by atoms with Gasteiger partial charge in [-0.25, -0.2) is 15.0 Å². The molecule has 0 aliphatic rings. The lowest BCUT2D eigenvalue weighted by Gasteiger charge is -2.00. The Kier molecular flexibility index (Phi) is 3.70. The van der Waals surface area contributed by atoms with E-state index in [2.05, 4.69) is 33.2 Å². The molecular weight excluding hydrogens is 320 g/mol. The summed E-state index contributed by atoms with van der Waals surface area (Å²) in [6.07, 6.45) is 1.55. The fourth-order valence-corrected chi connectivity index (χ4v) is 4.39. The fourth-order valence-electron chi connectivity index (χ4n) is 1.66. The lowest BCUT2D eigenvalue weighted by Crippen LogP contribution is -1.93. The topological polar surface area (TPSA) is 51.6 Å². The van der Waals surface area contributed by atoms with Crippen molar-refractivity contribution in [3.63, 3.8) is 0 Å². The van der Waals surface area contributed by atoms with Crippen LogP contribution in [-0.2, 0) is 5.75 Å². The summed E-state index contributed by atoms with van der Waals surface area (Å²) in [5.41, 5.74) is 1.17. The second kappa shape index (κ2) is 5.32. The van der Waals surface area contributed by atoms with E-state index >= 15 is 0 Å². The Labute approximate surface area is 127 Å². The third-order valence-corrected chi connectivity index (χ3v) is 5.86. The zero-order valence-electron chi connectivity index (χ0n) is 10.2. The van der Waals surface area contributed by atoms with Crippen LogP contribution in [0.5, 0.6) is 0 Å². The average molecular weight is 329 g/mol. The number of aryl methyl sites for hydroxylation is 2. The molecule has 8 heteroatoms. The van der Waals surface area contributed by atoms with Gasteiger partial charge in [-0.15, -0.1) is 11.3 Å². The molecule has 3 aromatic heterocycles. The summed E-state index contributed by atoms with van der Waals surface area (Å²) in [7, 11) is 0. The number of rotatable bonds is 3. The van der Waals surface area contributed by atoms with Gasteiger partial charge in [-0.2, -0.15) is 4.37 Å². The van der Waals surface area contributed by atoms with Gasteiger partial charge in [0.05, 0.1) is 11.1 Å². The predicted molar refractivity (Wildman–Crippen MR) is 81.4 cm³/mol. The lowest BCUT2D eigenvalue weighted by atomic mass is 10.2. The van der Waals surface area contributed by atoms with Crippen LogP contribution in [0.3, 0.4) is 0 Å². The maximum atomic E-state index is 6.26. The van der Waals surface area contributed by atoms with Gasteiger partial charge in [-0.3, -0.25) is 0 Å². The van der Waals surface area contributed by atoms with E-state index in [9.17, 15) is 0 Å². The summed E-state index contributed by atoms with van der Waals surface area (Å²) >= 11 is 10.9. The highest BCUT2D eigenvalue weighted by Crippen LogP contribution is 2.33. The minimum absolute atomic E-state index is 0.541. The SMILES string of the molecule is Cc1sc2nc(CSc3ncns3)nc(Cl)c2c1C. The highest BCUT2D eigenvalue weighted by atomic mass is 35.5. The molecule has 4 nitrogen and oxygen atoms in total. The van der Waals surface area contributed by atoms with Crippen molar-refractivity contribution in [3.05, 3.63) is 27.7 Å².